The third-order valence-corrected chi connectivity index (χ3v) is 8.16. The predicted octanol–water partition coefficient (Wildman–Crippen LogP) is 7.36. The fourth-order valence-corrected chi connectivity index (χ4v) is 6.18. The van der Waals surface area contributed by atoms with Crippen molar-refractivity contribution in [3.8, 4) is 21.1 Å². The second kappa shape index (κ2) is 12.2. The Labute approximate surface area is 208 Å². The van der Waals surface area contributed by atoms with Crippen LogP contribution in [-0.2, 0) is 9.59 Å². The molecule has 2 amide bonds. The molecule has 0 atom stereocenters. The summed E-state index contributed by atoms with van der Waals surface area (Å²) in [5, 5.41) is 15.0. The fourth-order valence-electron chi connectivity index (χ4n) is 3.20. The van der Waals surface area contributed by atoms with Crippen LogP contribution < -0.4 is 10.6 Å². The SMILES string of the molecule is O=C(CCCCCCCC(=O)Nc1nc(-c2cccs2)cs1)Nc1nc(-c2cccs2)cs1. The van der Waals surface area contributed by atoms with Crippen LogP contribution >= 0.6 is 45.3 Å². The minimum atomic E-state index is 0.00632. The van der Waals surface area contributed by atoms with Crippen molar-refractivity contribution in [2.24, 2.45) is 0 Å². The highest BCUT2D eigenvalue weighted by Crippen LogP contribution is 2.29. The van der Waals surface area contributed by atoms with Crippen molar-refractivity contribution in [2.45, 2.75) is 44.9 Å². The van der Waals surface area contributed by atoms with Crippen molar-refractivity contribution >= 4 is 67.4 Å². The van der Waals surface area contributed by atoms with Crippen LogP contribution in [0.25, 0.3) is 21.1 Å². The van der Waals surface area contributed by atoms with Crippen molar-refractivity contribution < 1.29 is 9.59 Å². The first-order valence-electron chi connectivity index (χ1n) is 10.8. The lowest BCUT2D eigenvalue weighted by molar-refractivity contribution is -0.117. The number of thiophene rings is 2. The van der Waals surface area contributed by atoms with Crippen LogP contribution in [0.15, 0.2) is 45.8 Å². The lowest BCUT2D eigenvalue weighted by Gasteiger charge is -2.03. The summed E-state index contributed by atoms with van der Waals surface area (Å²) >= 11 is 6.18. The zero-order valence-electron chi connectivity index (χ0n) is 17.9. The van der Waals surface area contributed by atoms with Gasteiger partial charge < -0.3 is 10.6 Å². The Morgan fingerprint density at radius 1 is 0.667 bits per heavy atom. The zero-order chi connectivity index (χ0) is 22.9. The topological polar surface area (TPSA) is 84.0 Å². The highest BCUT2D eigenvalue weighted by atomic mass is 32.1. The molecule has 0 aliphatic heterocycles. The van der Waals surface area contributed by atoms with Crippen molar-refractivity contribution in [3.05, 3.63) is 45.8 Å². The Morgan fingerprint density at radius 3 is 1.55 bits per heavy atom. The average Bonchev–Trinajstić information content (AvgIpc) is 3.60. The van der Waals surface area contributed by atoms with Gasteiger partial charge in [-0.2, -0.15) is 0 Å². The molecule has 0 fully saturated rings. The number of rotatable bonds is 12. The van der Waals surface area contributed by atoms with E-state index < -0.39 is 0 Å². The van der Waals surface area contributed by atoms with Crippen LogP contribution in [0.1, 0.15) is 44.9 Å². The molecular weight excluding hydrogens is 493 g/mol. The quantitative estimate of drug-likeness (QED) is 0.193. The Bertz CT molecular complexity index is 1060. The van der Waals surface area contributed by atoms with Gasteiger partial charge >= 0.3 is 0 Å². The van der Waals surface area contributed by atoms with Gasteiger partial charge in [-0.3, -0.25) is 9.59 Å². The Kier molecular flexibility index (Phi) is 8.76. The number of unbranched alkanes of at least 4 members (excludes halogenated alkanes) is 4. The standard InChI is InChI=1S/C23H24N4O2S4/c28-20(26-22-24-16(14-32-22)18-8-6-12-30-18)10-4-2-1-3-5-11-21(29)27-23-25-17(15-33-23)19-9-7-13-31-19/h6-9,12-15H,1-5,10-11H2,(H,24,26,28)(H,25,27,29). The van der Waals surface area contributed by atoms with Crippen molar-refractivity contribution in [3.63, 3.8) is 0 Å². The van der Waals surface area contributed by atoms with Crippen LogP contribution in [-0.4, -0.2) is 21.8 Å². The van der Waals surface area contributed by atoms with Crippen LogP contribution in [0.2, 0.25) is 0 Å². The number of aromatic nitrogens is 2. The van der Waals surface area contributed by atoms with Gasteiger partial charge in [-0.1, -0.05) is 31.4 Å². The second-order valence-corrected chi connectivity index (χ2v) is 11.0. The molecule has 6 nitrogen and oxygen atoms in total. The highest BCUT2D eigenvalue weighted by Gasteiger charge is 2.10. The fraction of sp³-hybridized carbons (Fsp3) is 0.304. The first-order valence-corrected chi connectivity index (χ1v) is 14.3. The van der Waals surface area contributed by atoms with E-state index in [9.17, 15) is 9.59 Å². The molecule has 4 rings (SSSR count). The lowest BCUT2D eigenvalue weighted by atomic mass is 10.1. The van der Waals surface area contributed by atoms with Gasteiger partial charge in [0, 0.05) is 23.6 Å². The normalized spacial score (nSPS) is 10.9. The summed E-state index contributed by atoms with van der Waals surface area (Å²) in [4.78, 5) is 35.4. The molecule has 0 saturated heterocycles. The summed E-state index contributed by atoms with van der Waals surface area (Å²) in [5.41, 5.74) is 1.82. The number of hydrogen-bond acceptors (Lipinski definition) is 8. The molecule has 172 valence electrons. The summed E-state index contributed by atoms with van der Waals surface area (Å²) < 4.78 is 0. The van der Waals surface area contributed by atoms with Crippen LogP contribution in [0.5, 0.6) is 0 Å². The molecule has 0 aliphatic carbocycles. The van der Waals surface area contributed by atoms with Crippen molar-refractivity contribution in [1.82, 2.24) is 9.97 Å². The van der Waals surface area contributed by atoms with Gasteiger partial charge in [-0.15, -0.1) is 45.3 Å². The van der Waals surface area contributed by atoms with Crippen LogP contribution in [0.4, 0.5) is 10.3 Å². The van der Waals surface area contributed by atoms with Gasteiger partial charge in [0.2, 0.25) is 11.8 Å². The van der Waals surface area contributed by atoms with Gasteiger partial charge in [0.05, 0.1) is 21.1 Å². The summed E-state index contributed by atoms with van der Waals surface area (Å²) in [6.07, 6.45) is 5.63. The number of nitrogens with one attached hydrogen (secondary N) is 2. The maximum Gasteiger partial charge on any atom is 0.226 e. The number of carbonyl (C=O) groups excluding carboxylic acids is 2. The number of carbonyl (C=O) groups is 2. The molecule has 0 unspecified atom stereocenters. The zero-order valence-corrected chi connectivity index (χ0v) is 21.2. The number of amides is 2. The van der Waals surface area contributed by atoms with Crippen molar-refractivity contribution in [1.29, 1.82) is 0 Å². The Hall–Kier alpha value is -2.40. The van der Waals surface area contributed by atoms with E-state index in [2.05, 4.69) is 20.6 Å². The lowest BCUT2D eigenvalue weighted by Crippen LogP contribution is -2.11. The van der Waals surface area contributed by atoms with Gasteiger partial charge in [-0.25, -0.2) is 9.97 Å². The van der Waals surface area contributed by atoms with Gasteiger partial charge in [0.25, 0.3) is 0 Å². The molecule has 4 aromatic rings. The van der Waals surface area contributed by atoms with E-state index in [0.717, 1.165) is 53.2 Å². The van der Waals surface area contributed by atoms with E-state index in [-0.39, 0.29) is 11.8 Å². The van der Waals surface area contributed by atoms with Gasteiger partial charge in [0.1, 0.15) is 0 Å². The largest absolute Gasteiger partial charge is 0.302 e. The number of nitrogens with zero attached hydrogens (tertiary/aromatic N) is 2. The maximum atomic E-state index is 12.1. The molecule has 0 saturated carbocycles. The number of hydrogen-bond donors (Lipinski definition) is 2. The molecule has 10 heteroatoms. The number of anilines is 2. The van der Waals surface area contributed by atoms with Crippen molar-refractivity contribution in [2.75, 3.05) is 10.6 Å². The van der Waals surface area contributed by atoms with E-state index in [1.807, 2.05) is 45.8 Å². The minimum Gasteiger partial charge on any atom is -0.302 e. The smallest absolute Gasteiger partial charge is 0.226 e. The predicted molar refractivity (Wildman–Crippen MR) is 140 cm³/mol. The molecule has 4 heterocycles. The van der Waals surface area contributed by atoms with E-state index >= 15 is 0 Å². The third kappa shape index (κ3) is 7.29. The van der Waals surface area contributed by atoms with Crippen LogP contribution in [0, 0.1) is 0 Å². The second-order valence-electron chi connectivity index (χ2n) is 7.39. The molecule has 4 aromatic heterocycles. The minimum absolute atomic E-state index is 0.00632. The molecule has 2 N–H and O–H groups in total. The van der Waals surface area contributed by atoms with E-state index in [1.54, 1.807) is 22.7 Å². The molecule has 0 aliphatic rings. The first-order chi connectivity index (χ1) is 16.2. The molecular formula is C23H24N4O2S4. The third-order valence-electron chi connectivity index (χ3n) is 4.86. The van der Waals surface area contributed by atoms with Crippen LogP contribution in [0.3, 0.4) is 0 Å². The van der Waals surface area contributed by atoms with E-state index in [1.165, 1.54) is 22.7 Å². The first kappa shape index (κ1) is 23.7. The summed E-state index contributed by atoms with van der Waals surface area (Å²) in [7, 11) is 0. The highest BCUT2D eigenvalue weighted by molar-refractivity contribution is 7.16. The maximum absolute atomic E-state index is 12.1. The molecule has 0 radical (unpaired) electrons. The molecule has 33 heavy (non-hydrogen) atoms. The Balaban J connectivity index is 1.05. The van der Waals surface area contributed by atoms with Gasteiger partial charge in [-0.05, 0) is 35.7 Å². The average molecular weight is 517 g/mol. The number of thiazole rings is 2. The monoisotopic (exact) mass is 516 g/mol. The molecule has 0 bridgehead atoms. The molecule has 0 spiro atoms. The van der Waals surface area contributed by atoms with E-state index in [0.29, 0.717) is 23.1 Å². The molecule has 0 aromatic carbocycles. The summed E-state index contributed by atoms with van der Waals surface area (Å²) in [6.45, 7) is 0. The van der Waals surface area contributed by atoms with Gasteiger partial charge in [0.15, 0.2) is 10.3 Å². The Morgan fingerprint density at radius 2 is 1.12 bits per heavy atom. The summed E-state index contributed by atoms with van der Waals surface area (Å²) in [6, 6.07) is 8.03. The van der Waals surface area contributed by atoms with E-state index in [4.69, 9.17) is 0 Å². The summed E-state index contributed by atoms with van der Waals surface area (Å²) in [5.74, 6) is 0.0126.